The summed E-state index contributed by atoms with van der Waals surface area (Å²) in [5.74, 6) is 1.33. The Balaban J connectivity index is 1.62. The van der Waals surface area contributed by atoms with E-state index < -0.39 is 6.04 Å². The second-order valence-electron chi connectivity index (χ2n) is 5.63. The average molecular weight is 248 g/mol. The first-order valence-electron chi connectivity index (χ1n) is 6.69. The molecule has 3 rings (SSSR count). The normalized spacial score (nSPS) is 21.1. The van der Waals surface area contributed by atoms with Gasteiger partial charge in [0.1, 0.15) is 6.04 Å². The summed E-state index contributed by atoms with van der Waals surface area (Å²) in [6.07, 6.45) is 8.47. The third-order valence-corrected chi connectivity index (χ3v) is 3.94. The molecule has 1 heterocycles. The number of hydrogen-bond donors (Lipinski definition) is 2. The van der Waals surface area contributed by atoms with E-state index in [1.807, 2.05) is 7.05 Å². The Morgan fingerprint density at radius 3 is 2.50 bits per heavy atom. The van der Waals surface area contributed by atoms with E-state index in [0.29, 0.717) is 17.9 Å². The molecule has 1 aromatic heterocycles. The fraction of sp³-hybridized carbons (Fsp3) is 0.692. The molecule has 1 unspecified atom stereocenters. The Kier molecular flexibility index (Phi) is 2.86. The number of aryl methyl sites for hydroxylation is 1. The van der Waals surface area contributed by atoms with Gasteiger partial charge in [0.25, 0.3) is 0 Å². The molecule has 2 fully saturated rings. The standard InChI is InChI=1S/C13H20N4O/c1-17-7-10(6-15-17)11(14)13(18)16-12(8-2-3-8)9-4-5-9/h6-9,11-12H,2-5,14H2,1H3,(H,16,18). The molecule has 5 heteroatoms. The quantitative estimate of drug-likeness (QED) is 0.806. The second-order valence-corrected chi connectivity index (χ2v) is 5.63. The van der Waals surface area contributed by atoms with E-state index in [0.717, 1.165) is 5.56 Å². The summed E-state index contributed by atoms with van der Waals surface area (Å²) in [7, 11) is 1.82. The number of rotatable bonds is 5. The zero-order valence-electron chi connectivity index (χ0n) is 10.7. The van der Waals surface area contributed by atoms with Gasteiger partial charge < -0.3 is 11.1 Å². The van der Waals surface area contributed by atoms with Crippen molar-refractivity contribution in [2.24, 2.45) is 24.6 Å². The SMILES string of the molecule is Cn1cc(C(N)C(=O)NC(C2CC2)C2CC2)cn1. The van der Waals surface area contributed by atoms with Crippen molar-refractivity contribution in [3.05, 3.63) is 18.0 Å². The lowest BCUT2D eigenvalue weighted by atomic mass is 10.1. The van der Waals surface area contributed by atoms with Gasteiger partial charge in [-0.2, -0.15) is 5.10 Å². The molecule has 3 N–H and O–H groups in total. The number of carbonyl (C=O) groups excluding carboxylic acids is 1. The number of amides is 1. The van der Waals surface area contributed by atoms with Gasteiger partial charge in [-0.05, 0) is 37.5 Å². The first-order valence-corrected chi connectivity index (χ1v) is 6.69. The fourth-order valence-corrected chi connectivity index (χ4v) is 2.54. The molecule has 1 amide bonds. The van der Waals surface area contributed by atoms with Gasteiger partial charge in [0.15, 0.2) is 0 Å². The monoisotopic (exact) mass is 248 g/mol. The maximum absolute atomic E-state index is 12.2. The largest absolute Gasteiger partial charge is 0.351 e. The van der Waals surface area contributed by atoms with Crippen LogP contribution in [0.5, 0.6) is 0 Å². The molecule has 0 aliphatic heterocycles. The summed E-state index contributed by atoms with van der Waals surface area (Å²) in [5, 5.41) is 7.20. The van der Waals surface area contributed by atoms with Crippen molar-refractivity contribution in [2.45, 2.75) is 37.8 Å². The van der Waals surface area contributed by atoms with Crippen molar-refractivity contribution in [2.75, 3.05) is 0 Å². The summed E-state index contributed by atoms with van der Waals surface area (Å²) in [6, 6.07) is -0.237. The van der Waals surface area contributed by atoms with Gasteiger partial charge >= 0.3 is 0 Å². The predicted octanol–water partition coefficient (Wildman–Crippen LogP) is 0.725. The highest BCUT2D eigenvalue weighted by atomic mass is 16.2. The van der Waals surface area contributed by atoms with Crippen molar-refractivity contribution in [1.82, 2.24) is 15.1 Å². The maximum Gasteiger partial charge on any atom is 0.241 e. The van der Waals surface area contributed by atoms with Crippen molar-refractivity contribution < 1.29 is 4.79 Å². The lowest BCUT2D eigenvalue weighted by molar-refractivity contribution is -0.123. The van der Waals surface area contributed by atoms with Crippen LogP contribution in [0.1, 0.15) is 37.3 Å². The highest BCUT2D eigenvalue weighted by Crippen LogP contribution is 2.44. The molecular weight excluding hydrogens is 228 g/mol. The predicted molar refractivity (Wildman–Crippen MR) is 67.5 cm³/mol. The minimum absolute atomic E-state index is 0.0631. The molecular formula is C13H20N4O. The van der Waals surface area contributed by atoms with Crippen LogP contribution in [0.3, 0.4) is 0 Å². The van der Waals surface area contributed by atoms with E-state index in [9.17, 15) is 4.79 Å². The molecule has 0 aromatic carbocycles. The van der Waals surface area contributed by atoms with E-state index in [1.165, 1.54) is 25.7 Å². The Hall–Kier alpha value is -1.36. The van der Waals surface area contributed by atoms with Gasteiger partial charge in [-0.3, -0.25) is 9.48 Å². The van der Waals surface area contributed by atoms with Crippen LogP contribution in [-0.2, 0) is 11.8 Å². The minimum atomic E-state index is -0.598. The number of aromatic nitrogens is 2. The number of nitrogens with one attached hydrogen (secondary N) is 1. The summed E-state index contributed by atoms with van der Waals surface area (Å²) in [5.41, 5.74) is 6.75. The van der Waals surface area contributed by atoms with Crippen LogP contribution in [0.4, 0.5) is 0 Å². The summed E-state index contributed by atoms with van der Waals surface area (Å²) >= 11 is 0. The molecule has 2 aliphatic carbocycles. The summed E-state index contributed by atoms with van der Waals surface area (Å²) < 4.78 is 1.67. The molecule has 0 bridgehead atoms. The van der Waals surface area contributed by atoms with Gasteiger partial charge in [-0.1, -0.05) is 0 Å². The van der Waals surface area contributed by atoms with Gasteiger partial charge in [-0.25, -0.2) is 0 Å². The van der Waals surface area contributed by atoms with Gasteiger partial charge in [-0.15, -0.1) is 0 Å². The average Bonchev–Trinajstić information content (AvgIpc) is 3.24. The van der Waals surface area contributed by atoms with Gasteiger partial charge in [0.05, 0.1) is 6.20 Å². The highest BCUT2D eigenvalue weighted by Gasteiger charge is 2.42. The zero-order valence-corrected chi connectivity index (χ0v) is 10.7. The topological polar surface area (TPSA) is 72.9 Å². The second kappa shape index (κ2) is 4.39. The number of hydrogen-bond acceptors (Lipinski definition) is 3. The Morgan fingerprint density at radius 1 is 1.44 bits per heavy atom. The van der Waals surface area contributed by atoms with Crippen LogP contribution < -0.4 is 11.1 Å². The summed E-state index contributed by atoms with van der Waals surface area (Å²) in [6.45, 7) is 0. The van der Waals surface area contributed by atoms with Crippen LogP contribution in [0.2, 0.25) is 0 Å². The first-order chi connectivity index (χ1) is 8.65. The molecule has 5 nitrogen and oxygen atoms in total. The van der Waals surface area contributed by atoms with Crippen LogP contribution in [0, 0.1) is 11.8 Å². The molecule has 0 spiro atoms. The Bertz CT molecular complexity index is 436. The Morgan fingerprint density at radius 2 is 2.06 bits per heavy atom. The van der Waals surface area contributed by atoms with Crippen LogP contribution in [-0.4, -0.2) is 21.7 Å². The van der Waals surface area contributed by atoms with E-state index in [-0.39, 0.29) is 5.91 Å². The Labute approximate surface area is 107 Å². The van der Waals surface area contributed by atoms with Crippen molar-refractivity contribution in [3.63, 3.8) is 0 Å². The lowest BCUT2D eigenvalue weighted by Gasteiger charge is -2.20. The third kappa shape index (κ3) is 2.41. The molecule has 98 valence electrons. The van der Waals surface area contributed by atoms with Crippen molar-refractivity contribution in [1.29, 1.82) is 0 Å². The minimum Gasteiger partial charge on any atom is -0.351 e. The molecule has 18 heavy (non-hydrogen) atoms. The molecule has 2 saturated carbocycles. The van der Waals surface area contributed by atoms with E-state index in [4.69, 9.17) is 5.73 Å². The lowest BCUT2D eigenvalue weighted by Crippen LogP contribution is -2.43. The van der Waals surface area contributed by atoms with E-state index in [1.54, 1.807) is 17.1 Å². The molecule has 0 saturated heterocycles. The maximum atomic E-state index is 12.2. The smallest absolute Gasteiger partial charge is 0.241 e. The van der Waals surface area contributed by atoms with Gasteiger partial charge in [0.2, 0.25) is 5.91 Å². The number of nitrogens with two attached hydrogens (primary N) is 1. The molecule has 2 aliphatic rings. The van der Waals surface area contributed by atoms with E-state index in [2.05, 4.69) is 10.4 Å². The first kappa shape index (κ1) is 11.7. The van der Waals surface area contributed by atoms with Crippen molar-refractivity contribution in [3.8, 4) is 0 Å². The van der Waals surface area contributed by atoms with Gasteiger partial charge in [0, 0.05) is 24.8 Å². The van der Waals surface area contributed by atoms with E-state index >= 15 is 0 Å². The van der Waals surface area contributed by atoms with Crippen LogP contribution in [0.25, 0.3) is 0 Å². The van der Waals surface area contributed by atoms with Crippen LogP contribution in [0.15, 0.2) is 12.4 Å². The zero-order chi connectivity index (χ0) is 12.7. The number of nitrogens with zero attached hydrogens (tertiary/aromatic N) is 2. The molecule has 1 aromatic rings. The van der Waals surface area contributed by atoms with Crippen molar-refractivity contribution >= 4 is 5.91 Å². The highest BCUT2D eigenvalue weighted by molar-refractivity contribution is 5.83. The molecule has 0 radical (unpaired) electrons. The summed E-state index contributed by atoms with van der Waals surface area (Å²) in [4.78, 5) is 12.2. The van der Waals surface area contributed by atoms with Crippen LogP contribution >= 0.6 is 0 Å². The fourth-order valence-electron chi connectivity index (χ4n) is 2.54. The molecule has 1 atom stereocenters. The third-order valence-electron chi connectivity index (χ3n) is 3.94. The number of carbonyl (C=O) groups is 1.